The summed E-state index contributed by atoms with van der Waals surface area (Å²) < 4.78 is 0. The first kappa shape index (κ1) is 42.4. The summed E-state index contributed by atoms with van der Waals surface area (Å²) in [5, 5.41) is 0. The average molecular weight is 938 g/mol. The van der Waals surface area contributed by atoms with Crippen molar-refractivity contribution < 1.29 is 0 Å². The number of benzene rings is 11. The molecule has 11 aromatic carbocycles. The molecule has 0 spiro atoms. The standard InChI is InChI=1S/C70H51NS/c1-72(2)67-34-20-17-31-60(67)61-43-40-56(47-68(61)72)71(55-39-42-59-57-29-15-18-32-63(57)70(66(59)46-55,51-25-11-5-12-26-51)52-27-13-6-14-28-52)54-41-44-65-62(45-54)58-30-16-19-33-64(58)69(65,50-23-9-4-10-24-50)53-37-35-49(36-38-53)48-21-7-3-8-22-48/h3-47H,1-2H3. The maximum absolute atomic E-state index is 2.54. The zero-order valence-corrected chi connectivity index (χ0v) is 41.2. The van der Waals surface area contributed by atoms with Crippen LogP contribution in [0.2, 0.25) is 0 Å². The van der Waals surface area contributed by atoms with Gasteiger partial charge in [-0.1, -0.05) is 231 Å². The number of hydrogen-bond acceptors (Lipinski definition) is 1. The Balaban J connectivity index is 1.02. The number of rotatable bonds is 8. The number of fused-ring (bicyclic) bond motifs is 9. The minimum absolute atomic E-state index is 0.538. The van der Waals surface area contributed by atoms with Crippen LogP contribution in [0.5, 0.6) is 0 Å². The molecule has 72 heavy (non-hydrogen) atoms. The van der Waals surface area contributed by atoms with E-state index < -0.39 is 20.9 Å². The van der Waals surface area contributed by atoms with E-state index in [0.717, 1.165) is 17.1 Å². The van der Waals surface area contributed by atoms with E-state index in [9.17, 15) is 0 Å². The number of nitrogens with zero attached hydrogens (tertiary/aromatic N) is 1. The van der Waals surface area contributed by atoms with Crippen molar-refractivity contribution in [3.8, 4) is 44.5 Å². The molecule has 1 unspecified atom stereocenters. The van der Waals surface area contributed by atoms with Gasteiger partial charge in [-0.15, -0.1) is 0 Å². The van der Waals surface area contributed by atoms with Gasteiger partial charge < -0.3 is 4.90 Å². The van der Waals surface area contributed by atoms with Crippen molar-refractivity contribution in [1.82, 2.24) is 0 Å². The van der Waals surface area contributed by atoms with Gasteiger partial charge in [-0.3, -0.25) is 0 Å². The lowest BCUT2D eigenvalue weighted by molar-refractivity contribution is 0.768. The first-order valence-corrected chi connectivity index (χ1v) is 27.5. The van der Waals surface area contributed by atoms with Crippen molar-refractivity contribution in [2.45, 2.75) is 20.6 Å². The Bertz CT molecular complexity index is 3840. The Hall–Kier alpha value is -8.43. The van der Waals surface area contributed by atoms with Gasteiger partial charge in [0.05, 0.1) is 10.8 Å². The Morgan fingerprint density at radius 1 is 0.264 bits per heavy atom. The Morgan fingerprint density at radius 3 is 1.26 bits per heavy atom. The molecule has 0 amide bonds. The van der Waals surface area contributed by atoms with Crippen LogP contribution < -0.4 is 4.90 Å². The smallest absolute Gasteiger partial charge is 0.0714 e. The van der Waals surface area contributed by atoms with Gasteiger partial charge in [0.15, 0.2) is 0 Å². The fourth-order valence-corrected chi connectivity index (χ4v) is 15.5. The lowest BCUT2D eigenvalue weighted by Crippen LogP contribution is -2.29. The van der Waals surface area contributed by atoms with Gasteiger partial charge in [-0.05, 0) is 144 Å². The SMILES string of the molecule is CS1(C)c2ccccc2-c2ccc(N(c3ccc4c(c3)-c3ccccc3C4(c3ccccc3)c3ccc(-c4ccccc4)cc3)c3ccc4c(c3)C(c3ccccc3)(c3ccccc3)c3ccccc3-4)cc21. The molecule has 1 aliphatic heterocycles. The fraction of sp³-hybridized carbons (Fsp3) is 0.0571. The van der Waals surface area contributed by atoms with Gasteiger partial charge in [0.2, 0.25) is 0 Å². The second-order valence-corrected chi connectivity index (χ2v) is 23.5. The summed E-state index contributed by atoms with van der Waals surface area (Å²) in [6.07, 6.45) is 4.93. The highest BCUT2D eigenvalue weighted by Gasteiger charge is 2.48. The Labute approximate surface area is 424 Å². The predicted molar refractivity (Wildman–Crippen MR) is 303 cm³/mol. The molecule has 0 bridgehead atoms. The number of hydrogen-bond donors (Lipinski definition) is 0. The van der Waals surface area contributed by atoms with Gasteiger partial charge in [0, 0.05) is 26.9 Å². The quantitative estimate of drug-likeness (QED) is 0.147. The molecule has 0 saturated heterocycles. The summed E-state index contributed by atoms with van der Waals surface area (Å²) in [6, 6.07) is 103. The Morgan fingerprint density at radius 2 is 0.653 bits per heavy atom. The van der Waals surface area contributed by atoms with Crippen LogP contribution >= 0.6 is 10.0 Å². The van der Waals surface area contributed by atoms with Crippen LogP contribution in [-0.4, -0.2) is 12.5 Å². The van der Waals surface area contributed by atoms with E-state index >= 15 is 0 Å². The second kappa shape index (κ2) is 16.3. The molecule has 2 heteroatoms. The van der Waals surface area contributed by atoms with Crippen LogP contribution in [0.25, 0.3) is 44.5 Å². The van der Waals surface area contributed by atoms with E-state index in [1.54, 1.807) is 0 Å². The maximum atomic E-state index is 2.54. The highest BCUT2D eigenvalue weighted by atomic mass is 32.3. The molecule has 2 aliphatic carbocycles. The molecule has 14 rings (SSSR count). The van der Waals surface area contributed by atoms with Crippen LogP contribution in [0.15, 0.2) is 283 Å². The first-order chi connectivity index (χ1) is 35.5. The highest BCUT2D eigenvalue weighted by molar-refractivity contribution is 8.33. The van der Waals surface area contributed by atoms with Crippen molar-refractivity contribution in [3.63, 3.8) is 0 Å². The highest BCUT2D eigenvalue weighted by Crippen LogP contribution is 2.68. The molecule has 0 aromatic heterocycles. The van der Waals surface area contributed by atoms with E-state index in [4.69, 9.17) is 0 Å². The summed E-state index contributed by atoms with van der Waals surface area (Å²) in [7, 11) is -1.30. The van der Waals surface area contributed by atoms with E-state index in [-0.39, 0.29) is 0 Å². The molecule has 3 aliphatic rings. The van der Waals surface area contributed by atoms with E-state index in [0.29, 0.717) is 0 Å². The average Bonchev–Trinajstić information content (AvgIpc) is 4.01. The molecule has 0 radical (unpaired) electrons. The third-order valence-electron chi connectivity index (χ3n) is 16.1. The third-order valence-corrected chi connectivity index (χ3v) is 19.0. The Kier molecular flexibility index (Phi) is 9.62. The van der Waals surface area contributed by atoms with Crippen molar-refractivity contribution in [1.29, 1.82) is 0 Å². The van der Waals surface area contributed by atoms with Gasteiger partial charge in [0.25, 0.3) is 0 Å². The topological polar surface area (TPSA) is 3.24 Å². The molecular formula is C70H51NS. The van der Waals surface area contributed by atoms with Gasteiger partial charge >= 0.3 is 0 Å². The molecule has 1 nitrogen and oxygen atoms in total. The normalized spacial score (nSPS) is 16.4. The molecular weight excluding hydrogens is 887 g/mol. The zero-order valence-electron chi connectivity index (χ0n) is 40.3. The minimum atomic E-state index is -1.30. The maximum Gasteiger partial charge on any atom is 0.0714 e. The molecule has 342 valence electrons. The van der Waals surface area contributed by atoms with Crippen LogP contribution in [0.3, 0.4) is 0 Å². The second-order valence-electron chi connectivity index (χ2n) is 19.9. The van der Waals surface area contributed by atoms with Crippen molar-refractivity contribution in [2.24, 2.45) is 0 Å². The van der Waals surface area contributed by atoms with Crippen molar-refractivity contribution >= 4 is 27.1 Å². The van der Waals surface area contributed by atoms with Crippen molar-refractivity contribution in [2.75, 3.05) is 17.4 Å². The molecule has 11 aromatic rings. The van der Waals surface area contributed by atoms with Crippen LogP contribution in [0, 0.1) is 0 Å². The van der Waals surface area contributed by atoms with Gasteiger partial charge in [-0.2, -0.15) is 10.0 Å². The monoisotopic (exact) mass is 937 g/mol. The summed E-state index contributed by atoms with van der Waals surface area (Å²) in [5.41, 5.74) is 22.7. The molecule has 1 heterocycles. The fourth-order valence-electron chi connectivity index (χ4n) is 13.0. The van der Waals surface area contributed by atoms with Crippen LogP contribution in [-0.2, 0) is 10.8 Å². The van der Waals surface area contributed by atoms with Crippen LogP contribution in [0.1, 0.15) is 44.5 Å². The third kappa shape index (κ3) is 6.03. The molecule has 0 saturated carbocycles. The summed E-state index contributed by atoms with van der Waals surface area (Å²) in [6.45, 7) is 0. The lowest BCUT2D eigenvalue weighted by Gasteiger charge is -2.35. The van der Waals surface area contributed by atoms with Crippen LogP contribution in [0.4, 0.5) is 17.1 Å². The minimum Gasteiger partial charge on any atom is -0.310 e. The number of anilines is 3. The van der Waals surface area contributed by atoms with Gasteiger partial charge in [0.1, 0.15) is 0 Å². The summed E-state index contributed by atoms with van der Waals surface area (Å²) >= 11 is 0. The van der Waals surface area contributed by atoms with E-state index in [2.05, 4.69) is 290 Å². The summed E-state index contributed by atoms with van der Waals surface area (Å²) in [5.74, 6) is 0. The largest absolute Gasteiger partial charge is 0.310 e. The van der Waals surface area contributed by atoms with E-state index in [1.807, 2.05) is 0 Å². The zero-order chi connectivity index (χ0) is 48.0. The van der Waals surface area contributed by atoms with Crippen molar-refractivity contribution in [3.05, 3.63) is 317 Å². The van der Waals surface area contributed by atoms with E-state index in [1.165, 1.54) is 98.8 Å². The summed E-state index contributed by atoms with van der Waals surface area (Å²) in [4.78, 5) is 5.43. The molecule has 1 atom stereocenters. The predicted octanol–water partition coefficient (Wildman–Crippen LogP) is 18.0. The molecule has 0 N–H and O–H groups in total. The molecule has 0 fully saturated rings. The first-order valence-electron chi connectivity index (χ1n) is 25.1. The lowest BCUT2D eigenvalue weighted by atomic mass is 9.67. The van der Waals surface area contributed by atoms with Gasteiger partial charge in [-0.25, -0.2) is 0 Å².